The third-order valence-electron chi connectivity index (χ3n) is 5.00. The SMILES string of the molecule is Clc1ccc(C#CC(=NC2CCCCC2)NC2CCCCC2)cc1. The fourth-order valence-corrected chi connectivity index (χ4v) is 3.73. The number of amidine groups is 1. The molecule has 128 valence electrons. The third kappa shape index (κ3) is 5.56. The number of rotatable bonds is 2. The highest BCUT2D eigenvalue weighted by molar-refractivity contribution is 6.30. The first-order chi connectivity index (χ1) is 11.8. The molecule has 24 heavy (non-hydrogen) atoms. The fourth-order valence-electron chi connectivity index (χ4n) is 3.60. The van der Waals surface area contributed by atoms with Crippen LogP contribution >= 0.6 is 11.6 Å². The van der Waals surface area contributed by atoms with Gasteiger partial charge < -0.3 is 5.32 Å². The monoisotopic (exact) mass is 342 g/mol. The summed E-state index contributed by atoms with van der Waals surface area (Å²) in [5.74, 6) is 7.44. The number of hydrogen-bond donors (Lipinski definition) is 1. The number of halogens is 1. The van der Waals surface area contributed by atoms with Gasteiger partial charge in [-0.05, 0) is 55.9 Å². The standard InChI is InChI=1S/C21H27ClN2/c22-18-14-11-17(12-15-18)13-16-21(23-19-7-3-1-4-8-19)24-20-9-5-2-6-10-20/h11-12,14-15,19-20H,1-10H2,(H,23,24). The summed E-state index contributed by atoms with van der Waals surface area (Å²) >= 11 is 5.95. The van der Waals surface area contributed by atoms with Gasteiger partial charge in [0, 0.05) is 16.6 Å². The van der Waals surface area contributed by atoms with Gasteiger partial charge in [-0.25, -0.2) is 0 Å². The number of hydrogen-bond acceptors (Lipinski definition) is 1. The van der Waals surface area contributed by atoms with Crippen molar-refractivity contribution in [2.75, 3.05) is 0 Å². The van der Waals surface area contributed by atoms with Gasteiger partial charge in [0.2, 0.25) is 0 Å². The maximum absolute atomic E-state index is 5.95. The molecule has 0 heterocycles. The molecule has 2 aliphatic rings. The van der Waals surface area contributed by atoms with Crippen LogP contribution in [-0.2, 0) is 0 Å². The predicted molar refractivity (Wildman–Crippen MR) is 103 cm³/mol. The quantitative estimate of drug-likeness (QED) is 0.437. The molecule has 0 aromatic heterocycles. The van der Waals surface area contributed by atoms with Crippen LogP contribution in [0.5, 0.6) is 0 Å². The average molecular weight is 343 g/mol. The van der Waals surface area contributed by atoms with Crippen molar-refractivity contribution < 1.29 is 0 Å². The molecule has 3 heteroatoms. The van der Waals surface area contributed by atoms with Gasteiger partial charge in [-0.3, -0.25) is 4.99 Å². The zero-order valence-electron chi connectivity index (χ0n) is 14.4. The Hall–Kier alpha value is -1.46. The molecule has 2 aliphatic carbocycles. The Bertz CT molecular complexity index is 597. The minimum absolute atomic E-state index is 0.448. The maximum Gasteiger partial charge on any atom is 0.174 e. The molecule has 1 N–H and O–H groups in total. The average Bonchev–Trinajstić information content (AvgIpc) is 2.63. The van der Waals surface area contributed by atoms with E-state index in [1.54, 1.807) is 0 Å². The minimum atomic E-state index is 0.448. The van der Waals surface area contributed by atoms with Crippen LogP contribution in [0.3, 0.4) is 0 Å². The Labute approximate surface area is 151 Å². The van der Waals surface area contributed by atoms with Crippen LogP contribution in [0, 0.1) is 11.8 Å². The number of benzene rings is 1. The molecule has 0 amide bonds. The molecule has 2 nitrogen and oxygen atoms in total. The summed E-state index contributed by atoms with van der Waals surface area (Å²) in [5, 5.41) is 4.38. The Kier molecular flexibility index (Phi) is 6.61. The second kappa shape index (κ2) is 9.14. The van der Waals surface area contributed by atoms with Gasteiger partial charge in [0.05, 0.1) is 6.04 Å². The zero-order chi connectivity index (χ0) is 16.6. The van der Waals surface area contributed by atoms with E-state index in [9.17, 15) is 0 Å². The van der Waals surface area contributed by atoms with Crippen LogP contribution in [0.2, 0.25) is 5.02 Å². The molecular formula is C21H27ClN2. The van der Waals surface area contributed by atoms with Crippen molar-refractivity contribution in [1.82, 2.24) is 5.32 Å². The molecule has 1 aromatic carbocycles. The summed E-state index contributed by atoms with van der Waals surface area (Å²) in [5.41, 5.74) is 0.987. The lowest BCUT2D eigenvalue weighted by Crippen LogP contribution is -2.36. The van der Waals surface area contributed by atoms with Crippen LogP contribution in [-0.4, -0.2) is 17.9 Å². The summed E-state index contributed by atoms with van der Waals surface area (Å²) in [6.45, 7) is 0. The number of aliphatic imine (C=N–C) groups is 1. The van der Waals surface area contributed by atoms with Crippen LogP contribution in [0.25, 0.3) is 0 Å². The smallest absolute Gasteiger partial charge is 0.174 e. The molecule has 0 bridgehead atoms. The summed E-state index contributed by atoms with van der Waals surface area (Å²) in [6.07, 6.45) is 12.9. The highest BCUT2D eigenvalue weighted by Crippen LogP contribution is 2.21. The fraction of sp³-hybridized carbons (Fsp3) is 0.571. The Morgan fingerprint density at radius 1 is 0.917 bits per heavy atom. The van der Waals surface area contributed by atoms with Crippen LogP contribution in [0.15, 0.2) is 29.3 Å². The lowest BCUT2D eigenvalue weighted by molar-refractivity contribution is 0.409. The van der Waals surface area contributed by atoms with Crippen molar-refractivity contribution in [2.24, 2.45) is 4.99 Å². The second-order valence-electron chi connectivity index (χ2n) is 7.01. The summed E-state index contributed by atoms with van der Waals surface area (Å²) in [7, 11) is 0. The number of nitrogens with zero attached hydrogens (tertiary/aromatic N) is 1. The minimum Gasteiger partial charge on any atom is -0.360 e. The van der Waals surface area contributed by atoms with Gasteiger partial charge in [0.1, 0.15) is 0 Å². The van der Waals surface area contributed by atoms with Crippen molar-refractivity contribution in [3.8, 4) is 11.8 Å². The van der Waals surface area contributed by atoms with E-state index >= 15 is 0 Å². The Balaban J connectivity index is 1.73. The van der Waals surface area contributed by atoms with Gasteiger partial charge in [0.15, 0.2) is 5.84 Å². The molecular weight excluding hydrogens is 316 g/mol. The lowest BCUT2D eigenvalue weighted by atomic mass is 9.95. The van der Waals surface area contributed by atoms with Crippen LogP contribution < -0.4 is 5.32 Å². The van der Waals surface area contributed by atoms with E-state index in [2.05, 4.69) is 17.2 Å². The first-order valence-corrected chi connectivity index (χ1v) is 9.79. The van der Waals surface area contributed by atoms with Crippen LogP contribution in [0.4, 0.5) is 0 Å². The molecule has 2 saturated carbocycles. The van der Waals surface area contributed by atoms with Gasteiger partial charge in [0.25, 0.3) is 0 Å². The normalized spacial score (nSPS) is 20.3. The van der Waals surface area contributed by atoms with Crippen molar-refractivity contribution in [1.29, 1.82) is 0 Å². The molecule has 0 saturated heterocycles. The van der Waals surface area contributed by atoms with Crippen molar-refractivity contribution >= 4 is 17.4 Å². The summed E-state index contributed by atoms with van der Waals surface area (Å²) in [4.78, 5) is 4.97. The zero-order valence-corrected chi connectivity index (χ0v) is 15.1. The van der Waals surface area contributed by atoms with Crippen molar-refractivity contribution in [3.63, 3.8) is 0 Å². The molecule has 0 unspecified atom stereocenters. The van der Waals surface area contributed by atoms with E-state index in [1.165, 1.54) is 64.2 Å². The first kappa shape index (κ1) is 17.4. The molecule has 0 spiro atoms. The Morgan fingerprint density at radius 3 is 2.21 bits per heavy atom. The molecule has 0 atom stereocenters. The largest absolute Gasteiger partial charge is 0.360 e. The van der Waals surface area contributed by atoms with Gasteiger partial charge in [-0.2, -0.15) is 0 Å². The van der Waals surface area contributed by atoms with Crippen LogP contribution in [0.1, 0.15) is 69.8 Å². The van der Waals surface area contributed by atoms with Crippen molar-refractivity contribution in [2.45, 2.75) is 76.3 Å². The molecule has 1 aromatic rings. The van der Waals surface area contributed by atoms with Crippen molar-refractivity contribution in [3.05, 3.63) is 34.9 Å². The van der Waals surface area contributed by atoms with E-state index in [4.69, 9.17) is 16.6 Å². The van der Waals surface area contributed by atoms with E-state index in [0.717, 1.165) is 16.4 Å². The second-order valence-corrected chi connectivity index (χ2v) is 7.44. The van der Waals surface area contributed by atoms with E-state index in [-0.39, 0.29) is 0 Å². The molecule has 3 rings (SSSR count). The van der Waals surface area contributed by atoms with Gasteiger partial charge in [-0.1, -0.05) is 56.0 Å². The molecule has 2 fully saturated rings. The molecule has 0 radical (unpaired) electrons. The van der Waals surface area contributed by atoms with Gasteiger partial charge >= 0.3 is 0 Å². The third-order valence-corrected chi connectivity index (χ3v) is 5.25. The predicted octanol–water partition coefficient (Wildman–Crippen LogP) is 5.35. The van der Waals surface area contributed by atoms with E-state index < -0.39 is 0 Å². The topological polar surface area (TPSA) is 24.4 Å². The first-order valence-electron chi connectivity index (χ1n) is 9.41. The summed E-state index contributed by atoms with van der Waals surface area (Å²) in [6, 6.07) is 8.70. The van der Waals surface area contributed by atoms with E-state index in [1.807, 2.05) is 24.3 Å². The Morgan fingerprint density at radius 2 is 1.54 bits per heavy atom. The number of nitrogens with one attached hydrogen (secondary N) is 1. The van der Waals surface area contributed by atoms with E-state index in [0.29, 0.717) is 12.1 Å². The lowest BCUT2D eigenvalue weighted by Gasteiger charge is -2.24. The highest BCUT2D eigenvalue weighted by atomic mass is 35.5. The summed E-state index contributed by atoms with van der Waals surface area (Å²) < 4.78 is 0. The van der Waals surface area contributed by atoms with Gasteiger partial charge in [-0.15, -0.1) is 0 Å². The molecule has 0 aliphatic heterocycles. The maximum atomic E-state index is 5.95. The highest BCUT2D eigenvalue weighted by Gasteiger charge is 2.16.